The van der Waals surface area contributed by atoms with Crippen molar-refractivity contribution in [2.24, 2.45) is 0 Å². The van der Waals surface area contributed by atoms with Crippen LogP contribution in [0.1, 0.15) is 11.1 Å². The van der Waals surface area contributed by atoms with Crippen molar-refractivity contribution in [3.8, 4) is 17.6 Å². The number of hydrogen-bond acceptors (Lipinski definition) is 5. The molecular formula is C18H17NO4S. The van der Waals surface area contributed by atoms with Crippen LogP contribution in [-0.2, 0) is 9.84 Å². The van der Waals surface area contributed by atoms with E-state index in [4.69, 9.17) is 9.47 Å². The van der Waals surface area contributed by atoms with Gasteiger partial charge in [0.25, 0.3) is 0 Å². The number of para-hydroxylation sites is 1. The van der Waals surface area contributed by atoms with Crippen molar-refractivity contribution in [3.63, 3.8) is 0 Å². The van der Waals surface area contributed by atoms with E-state index in [1.54, 1.807) is 36.4 Å². The van der Waals surface area contributed by atoms with Crippen molar-refractivity contribution in [2.45, 2.75) is 11.8 Å². The molecule has 6 heteroatoms. The quantitative estimate of drug-likeness (QED) is 0.778. The number of ether oxygens (including phenoxy) is 2. The SMILES string of the molecule is COc1cccc(C=C(C#N)S(=O)(=O)c2ccc(C)cc2)c1OC. The van der Waals surface area contributed by atoms with E-state index < -0.39 is 9.84 Å². The molecule has 2 aromatic carbocycles. The highest BCUT2D eigenvalue weighted by atomic mass is 32.2. The summed E-state index contributed by atoms with van der Waals surface area (Å²) in [5, 5.41) is 9.36. The number of allylic oxidation sites excluding steroid dienone is 1. The standard InChI is InChI=1S/C18H17NO4S/c1-13-7-9-15(10-8-13)24(20,21)16(12-19)11-14-5-4-6-17(22-2)18(14)23-3/h4-11H,1-3H3. The zero-order chi connectivity index (χ0) is 17.7. The molecule has 0 aliphatic rings. The number of rotatable bonds is 5. The average molecular weight is 343 g/mol. The van der Waals surface area contributed by atoms with Crippen LogP contribution in [0, 0.1) is 18.3 Å². The van der Waals surface area contributed by atoms with Crippen molar-refractivity contribution in [1.29, 1.82) is 5.26 Å². The van der Waals surface area contributed by atoms with Crippen LogP contribution in [0.25, 0.3) is 6.08 Å². The van der Waals surface area contributed by atoms with Crippen LogP contribution in [0.4, 0.5) is 0 Å². The van der Waals surface area contributed by atoms with Gasteiger partial charge in [0.1, 0.15) is 11.0 Å². The van der Waals surface area contributed by atoms with E-state index in [0.717, 1.165) is 5.56 Å². The summed E-state index contributed by atoms with van der Waals surface area (Å²) < 4.78 is 35.8. The highest BCUT2D eigenvalue weighted by Crippen LogP contribution is 2.33. The van der Waals surface area contributed by atoms with Crippen molar-refractivity contribution in [3.05, 3.63) is 58.5 Å². The number of aryl methyl sites for hydroxylation is 1. The van der Waals surface area contributed by atoms with Gasteiger partial charge in [0.05, 0.1) is 19.1 Å². The monoisotopic (exact) mass is 343 g/mol. The first kappa shape index (κ1) is 17.6. The lowest BCUT2D eigenvalue weighted by molar-refractivity contribution is 0.354. The van der Waals surface area contributed by atoms with Crippen LogP contribution in [0.2, 0.25) is 0 Å². The first-order chi connectivity index (χ1) is 11.4. The second kappa shape index (κ2) is 7.20. The van der Waals surface area contributed by atoms with E-state index in [1.807, 2.05) is 6.92 Å². The lowest BCUT2D eigenvalue weighted by Crippen LogP contribution is -2.04. The molecule has 124 valence electrons. The summed E-state index contributed by atoms with van der Waals surface area (Å²) in [5.74, 6) is 0.822. The van der Waals surface area contributed by atoms with Gasteiger partial charge in [-0.2, -0.15) is 5.26 Å². The number of methoxy groups -OCH3 is 2. The zero-order valence-electron chi connectivity index (χ0n) is 13.6. The van der Waals surface area contributed by atoms with Crippen LogP contribution in [0.15, 0.2) is 52.3 Å². The van der Waals surface area contributed by atoms with Crippen LogP contribution >= 0.6 is 0 Å². The minimum Gasteiger partial charge on any atom is -0.493 e. The van der Waals surface area contributed by atoms with Crippen molar-refractivity contribution < 1.29 is 17.9 Å². The van der Waals surface area contributed by atoms with E-state index in [1.165, 1.54) is 32.4 Å². The van der Waals surface area contributed by atoms with E-state index in [9.17, 15) is 13.7 Å². The van der Waals surface area contributed by atoms with E-state index in [2.05, 4.69) is 0 Å². The predicted molar refractivity (Wildman–Crippen MR) is 91.5 cm³/mol. The molecule has 0 spiro atoms. The molecule has 0 bridgehead atoms. The van der Waals surface area contributed by atoms with Crippen LogP contribution in [0.3, 0.4) is 0 Å². The minimum absolute atomic E-state index is 0.0720. The Bertz CT molecular complexity index is 907. The maximum Gasteiger partial charge on any atom is 0.216 e. The lowest BCUT2D eigenvalue weighted by Gasteiger charge is -2.10. The number of nitriles is 1. The Morgan fingerprint density at radius 2 is 1.75 bits per heavy atom. The van der Waals surface area contributed by atoms with Crippen LogP contribution in [-0.4, -0.2) is 22.6 Å². The highest BCUT2D eigenvalue weighted by molar-refractivity contribution is 7.95. The first-order valence-corrected chi connectivity index (χ1v) is 8.57. The summed E-state index contributed by atoms with van der Waals surface area (Å²) in [5.41, 5.74) is 1.38. The Labute approximate surface area is 141 Å². The van der Waals surface area contributed by atoms with Gasteiger partial charge in [-0.3, -0.25) is 0 Å². The van der Waals surface area contributed by atoms with Gasteiger partial charge in [-0.15, -0.1) is 0 Å². The second-order valence-corrected chi connectivity index (χ2v) is 6.94. The lowest BCUT2D eigenvalue weighted by atomic mass is 10.1. The fourth-order valence-electron chi connectivity index (χ4n) is 2.18. The molecule has 2 aromatic rings. The van der Waals surface area contributed by atoms with E-state index in [0.29, 0.717) is 17.1 Å². The third kappa shape index (κ3) is 3.42. The predicted octanol–water partition coefficient (Wildman–Crippen LogP) is 3.35. The number of hydrogen-bond donors (Lipinski definition) is 0. The molecule has 0 atom stereocenters. The van der Waals surface area contributed by atoms with Crippen LogP contribution < -0.4 is 9.47 Å². The Kier molecular flexibility index (Phi) is 5.27. The molecule has 24 heavy (non-hydrogen) atoms. The molecule has 0 aromatic heterocycles. The Balaban J connectivity index is 2.58. The van der Waals surface area contributed by atoms with Gasteiger partial charge in [0.15, 0.2) is 11.5 Å². The maximum atomic E-state index is 12.7. The first-order valence-electron chi connectivity index (χ1n) is 7.08. The summed E-state index contributed by atoms with van der Waals surface area (Å²) in [6.45, 7) is 1.86. The summed E-state index contributed by atoms with van der Waals surface area (Å²) in [4.78, 5) is -0.291. The molecule has 0 unspecified atom stereocenters. The molecule has 0 heterocycles. The number of nitrogens with zero attached hydrogens (tertiary/aromatic N) is 1. The molecule has 0 fully saturated rings. The average Bonchev–Trinajstić information content (AvgIpc) is 2.59. The molecule has 0 aliphatic heterocycles. The zero-order valence-corrected chi connectivity index (χ0v) is 14.4. The summed E-state index contributed by atoms with van der Waals surface area (Å²) in [6, 6.07) is 13.2. The van der Waals surface area contributed by atoms with E-state index >= 15 is 0 Å². The van der Waals surface area contributed by atoms with Gasteiger partial charge < -0.3 is 9.47 Å². The van der Waals surface area contributed by atoms with Crippen molar-refractivity contribution in [2.75, 3.05) is 14.2 Å². The molecule has 0 amide bonds. The largest absolute Gasteiger partial charge is 0.493 e. The third-order valence-electron chi connectivity index (χ3n) is 3.45. The van der Waals surface area contributed by atoms with Gasteiger partial charge in [-0.1, -0.05) is 29.8 Å². The van der Waals surface area contributed by atoms with E-state index in [-0.39, 0.29) is 9.80 Å². The summed E-state index contributed by atoms with van der Waals surface area (Å²) in [7, 11) is -0.967. The molecule has 0 aliphatic carbocycles. The fourth-order valence-corrected chi connectivity index (χ4v) is 3.33. The van der Waals surface area contributed by atoms with Gasteiger partial charge >= 0.3 is 0 Å². The van der Waals surface area contributed by atoms with Crippen molar-refractivity contribution >= 4 is 15.9 Å². The Morgan fingerprint density at radius 1 is 1.08 bits per heavy atom. The molecule has 2 rings (SSSR count). The molecule has 5 nitrogen and oxygen atoms in total. The molecule has 0 radical (unpaired) electrons. The smallest absolute Gasteiger partial charge is 0.216 e. The summed E-state index contributed by atoms with van der Waals surface area (Å²) in [6.07, 6.45) is 1.29. The molecule has 0 saturated heterocycles. The molecule has 0 N–H and O–H groups in total. The number of benzene rings is 2. The Morgan fingerprint density at radius 3 is 2.29 bits per heavy atom. The van der Waals surface area contributed by atoms with Gasteiger partial charge in [-0.05, 0) is 31.2 Å². The summed E-state index contributed by atoms with van der Waals surface area (Å²) >= 11 is 0. The number of sulfone groups is 1. The fraction of sp³-hybridized carbons (Fsp3) is 0.167. The molecular weight excluding hydrogens is 326 g/mol. The highest BCUT2D eigenvalue weighted by Gasteiger charge is 2.21. The van der Waals surface area contributed by atoms with Crippen LogP contribution in [0.5, 0.6) is 11.5 Å². The topological polar surface area (TPSA) is 76.4 Å². The minimum atomic E-state index is -3.91. The van der Waals surface area contributed by atoms with Gasteiger partial charge in [0, 0.05) is 5.56 Å². The Hall–Kier alpha value is -2.78. The normalized spacial score (nSPS) is 11.7. The van der Waals surface area contributed by atoms with Crippen molar-refractivity contribution in [1.82, 2.24) is 0 Å². The van der Waals surface area contributed by atoms with Gasteiger partial charge in [-0.25, -0.2) is 8.42 Å². The molecule has 0 saturated carbocycles. The third-order valence-corrected chi connectivity index (χ3v) is 5.13. The maximum absolute atomic E-state index is 12.7. The van der Waals surface area contributed by atoms with Gasteiger partial charge in [0.2, 0.25) is 9.84 Å². The second-order valence-electron chi connectivity index (χ2n) is 5.02.